The predicted octanol–water partition coefficient (Wildman–Crippen LogP) is 6.05. The minimum absolute atomic E-state index is 0.218. The van der Waals surface area contributed by atoms with E-state index in [4.69, 9.17) is 4.98 Å². The fourth-order valence-electron chi connectivity index (χ4n) is 4.42. The fraction of sp³-hybridized carbons (Fsp3) is 0.240. The highest BCUT2D eigenvalue weighted by molar-refractivity contribution is 6.11. The average Bonchev–Trinajstić information content (AvgIpc) is 3.18. The summed E-state index contributed by atoms with van der Waals surface area (Å²) in [7, 11) is 0. The first-order valence-corrected chi connectivity index (χ1v) is 10.3. The number of aromatic nitrogens is 4. The molecule has 1 N–H and O–H groups in total. The van der Waals surface area contributed by atoms with E-state index in [1.165, 1.54) is 16.7 Å². The lowest BCUT2D eigenvalue weighted by atomic mass is 9.87. The minimum atomic E-state index is 0.218. The summed E-state index contributed by atoms with van der Waals surface area (Å²) in [5, 5.41) is 13.0. The average molecular weight is 396 g/mol. The van der Waals surface area contributed by atoms with Crippen molar-refractivity contribution in [3.63, 3.8) is 0 Å². The Morgan fingerprint density at radius 2 is 1.50 bits per heavy atom. The van der Waals surface area contributed by atoms with Gasteiger partial charge in [-0.05, 0) is 46.5 Å². The van der Waals surface area contributed by atoms with Gasteiger partial charge in [0.25, 0.3) is 0 Å². The number of aromatic hydroxyl groups is 1. The lowest BCUT2D eigenvalue weighted by molar-refractivity contribution is 0.476. The van der Waals surface area contributed by atoms with Crippen LogP contribution in [0.1, 0.15) is 50.7 Å². The number of imidazole rings is 1. The summed E-state index contributed by atoms with van der Waals surface area (Å²) in [6.07, 6.45) is 5.35. The quantitative estimate of drug-likeness (QED) is 0.377. The highest BCUT2D eigenvalue weighted by atomic mass is 16.3. The Morgan fingerprint density at radius 1 is 0.800 bits per heavy atom. The van der Waals surface area contributed by atoms with E-state index >= 15 is 0 Å². The maximum Gasteiger partial charge on any atom is 0.150 e. The van der Waals surface area contributed by atoms with Gasteiger partial charge in [-0.1, -0.05) is 45.9 Å². The zero-order valence-corrected chi connectivity index (χ0v) is 17.6. The highest BCUT2D eigenvalue weighted by Gasteiger charge is 2.21. The molecule has 5 heteroatoms. The zero-order chi connectivity index (χ0) is 21.0. The number of benzene rings is 2. The van der Waals surface area contributed by atoms with E-state index < -0.39 is 0 Å². The monoisotopic (exact) mass is 396 g/mol. The van der Waals surface area contributed by atoms with Crippen molar-refractivity contribution >= 4 is 27.5 Å². The third-order valence-corrected chi connectivity index (χ3v) is 5.83. The molecule has 0 atom stereocenters. The predicted molar refractivity (Wildman–Crippen MR) is 121 cm³/mol. The summed E-state index contributed by atoms with van der Waals surface area (Å²) >= 11 is 0. The lowest BCUT2D eigenvalue weighted by Gasteiger charge is -2.20. The molecule has 0 saturated carbocycles. The largest absolute Gasteiger partial charge is 0.508 e. The van der Waals surface area contributed by atoms with Crippen molar-refractivity contribution in [3.8, 4) is 17.0 Å². The van der Waals surface area contributed by atoms with Crippen molar-refractivity contribution in [2.45, 2.75) is 39.5 Å². The van der Waals surface area contributed by atoms with Crippen molar-refractivity contribution in [1.29, 1.82) is 0 Å². The first-order chi connectivity index (χ1) is 14.5. The Bertz CT molecular complexity index is 1390. The third-order valence-electron chi connectivity index (χ3n) is 5.83. The molecule has 0 aliphatic carbocycles. The maximum absolute atomic E-state index is 10.2. The lowest BCUT2D eigenvalue weighted by Crippen LogP contribution is -2.03. The van der Waals surface area contributed by atoms with E-state index in [2.05, 4.69) is 60.3 Å². The number of rotatable bonds is 3. The number of fused-ring (bicyclic) bond motifs is 6. The van der Waals surface area contributed by atoms with Crippen molar-refractivity contribution in [2.24, 2.45) is 0 Å². The Hall–Kier alpha value is -3.47. The van der Waals surface area contributed by atoms with Gasteiger partial charge in [-0.15, -0.1) is 0 Å². The molecule has 0 unspecified atom stereocenters. The van der Waals surface area contributed by atoms with E-state index in [1.807, 2.05) is 18.5 Å². The molecule has 0 aliphatic heterocycles. The molecule has 0 aliphatic rings. The van der Waals surface area contributed by atoms with Crippen molar-refractivity contribution in [2.75, 3.05) is 0 Å². The number of phenols is 1. The van der Waals surface area contributed by atoms with Crippen LogP contribution in [-0.2, 0) is 0 Å². The molecule has 0 radical (unpaired) electrons. The van der Waals surface area contributed by atoms with Gasteiger partial charge in [0, 0.05) is 22.5 Å². The molecule has 0 amide bonds. The van der Waals surface area contributed by atoms with E-state index in [1.54, 1.807) is 18.5 Å². The molecule has 5 aromatic rings. The van der Waals surface area contributed by atoms with Crippen LogP contribution in [0.5, 0.6) is 5.75 Å². The van der Waals surface area contributed by atoms with Gasteiger partial charge in [0.2, 0.25) is 0 Å². The van der Waals surface area contributed by atoms with Crippen LogP contribution in [0.25, 0.3) is 38.7 Å². The van der Waals surface area contributed by atoms with Crippen molar-refractivity contribution in [3.05, 3.63) is 66.2 Å². The first-order valence-electron chi connectivity index (χ1n) is 10.3. The van der Waals surface area contributed by atoms with Crippen LogP contribution >= 0.6 is 0 Å². The Labute approximate surface area is 175 Å². The molecule has 3 aromatic heterocycles. The van der Waals surface area contributed by atoms with Gasteiger partial charge in [0.1, 0.15) is 23.4 Å². The molecular weight excluding hydrogens is 372 g/mol. The molecule has 150 valence electrons. The maximum atomic E-state index is 10.2. The van der Waals surface area contributed by atoms with Gasteiger partial charge < -0.3 is 5.11 Å². The van der Waals surface area contributed by atoms with E-state index in [0.29, 0.717) is 11.8 Å². The number of hydrogen-bond donors (Lipinski definition) is 1. The Kier molecular flexibility index (Phi) is 4.21. The molecule has 0 fully saturated rings. The molecule has 3 heterocycles. The molecular formula is C25H24N4O. The molecule has 0 bridgehead atoms. The van der Waals surface area contributed by atoms with Crippen molar-refractivity contribution in [1.82, 2.24) is 19.4 Å². The summed E-state index contributed by atoms with van der Waals surface area (Å²) in [6, 6.07) is 11.9. The van der Waals surface area contributed by atoms with Gasteiger partial charge in [-0.2, -0.15) is 0 Å². The van der Waals surface area contributed by atoms with Crippen LogP contribution in [0.15, 0.2) is 55.1 Å². The minimum Gasteiger partial charge on any atom is -0.508 e. The van der Waals surface area contributed by atoms with Gasteiger partial charge in [-0.3, -0.25) is 4.40 Å². The molecule has 30 heavy (non-hydrogen) atoms. The number of phenolic OH excluding ortho intramolecular Hbond substituents is 1. The summed E-state index contributed by atoms with van der Waals surface area (Å²) in [5.74, 6) is 0.958. The van der Waals surface area contributed by atoms with E-state index in [9.17, 15) is 5.11 Å². The Morgan fingerprint density at radius 3 is 2.20 bits per heavy atom. The Balaban J connectivity index is 2.01. The van der Waals surface area contributed by atoms with Gasteiger partial charge in [0.05, 0.1) is 11.9 Å². The van der Waals surface area contributed by atoms with Crippen LogP contribution in [0.3, 0.4) is 0 Å². The normalized spacial score (nSPS) is 12.1. The van der Waals surface area contributed by atoms with Crippen LogP contribution in [0.4, 0.5) is 0 Å². The summed E-state index contributed by atoms with van der Waals surface area (Å²) in [6.45, 7) is 8.89. The topological polar surface area (TPSA) is 63.3 Å². The third kappa shape index (κ3) is 2.65. The molecule has 5 rings (SSSR count). The molecule has 0 saturated heterocycles. The second kappa shape index (κ2) is 6.80. The highest BCUT2D eigenvalue weighted by Crippen LogP contribution is 2.39. The smallest absolute Gasteiger partial charge is 0.150 e. The van der Waals surface area contributed by atoms with Crippen LogP contribution in [0, 0.1) is 0 Å². The second-order valence-corrected chi connectivity index (χ2v) is 8.41. The number of pyridine rings is 1. The molecule has 2 aromatic carbocycles. The van der Waals surface area contributed by atoms with Crippen LogP contribution in [0.2, 0.25) is 0 Å². The second-order valence-electron chi connectivity index (χ2n) is 8.41. The van der Waals surface area contributed by atoms with Crippen LogP contribution < -0.4 is 0 Å². The van der Waals surface area contributed by atoms with E-state index in [-0.39, 0.29) is 5.75 Å². The SMILES string of the molecule is CC(C)c1cccc(C(C)C)c1-c1cnc2c3cc(O)ccc3c3cncnc3n12. The van der Waals surface area contributed by atoms with Crippen LogP contribution in [-0.4, -0.2) is 24.5 Å². The number of hydrogen-bond acceptors (Lipinski definition) is 4. The summed E-state index contributed by atoms with van der Waals surface area (Å²) < 4.78 is 2.12. The summed E-state index contributed by atoms with van der Waals surface area (Å²) in [4.78, 5) is 13.7. The van der Waals surface area contributed by atoms with Gasteiger partial charge in [-0.25, -0.2) is 15.0 Å². The standard InChI is InChI=1S/C25H24N4O/c1-14(2)17-6-5-7-18(15(3)4)23(17)22-12-27-24-20-10-16(30)8-9-19(20)21-11-26-13-28-25(21)29(22)24/h5-15,30H,1-4H3. The molecule has 5 nitrogen and oxygen atoms in total. The number of nitrogens with zero attached hydrogens (tertiary/aromatic N) is 4. The zero-order valence-electron chi connectivity index (χ0n) is 17.6. The summed E-state index contributed by atoms with van der Waals surface area (Å²) in [5.41, 5.74) is 6.43. The first kappa shape index (κ1) is 18.6. The van der Waals surface area contributed by atoms with Gasteiger partial charge in [0.15, 0.2) is 0 Å². The fourth-order valence-corrected chi connectivity index (χ4v) is 4.42. The van der Waals surface area contributed by atoms with Crippen molar-refractivity contribution < 1.29 is 5.11 Å². The van der Waals surface area contributed by atoms with Gasteiger partial charge >= 0.3 is 0 Å². The van der Waals surface area contributed by atoms with E-state index in [0.717, 1.165) is 33.1 Å². The molecule has 0 spiro atoms.